The molecule has 1 heterocycles. The summed E-state index contributed by atoms with van der Waals surface area (Å²) in [5.74, 6) is 0. The van der Waals surface area contributed by atoms with Gasteiger partial charge in [0.25, 0.3) is 0 Å². The smallest absolute Gasteiger partial charge is 0.0785 e. The fraction of sp³-hybridized carbons (Fsp3) is 1.00. The first-order valence-electron chi connectivity index (χ1n) is 6.56. The summed E-state index contributed by atoms with van der Waals surface area (Å²) in [6, 6.07) is 0.731. The second kappa shape index (κ2) is 6.14. The molecule has 0 aromatic heterocycles. The van der Waals surface area contributed by atoms with Crippen molar-refractivity contribution in [1.29, 1.82) is 0 Å². The van der Waals surface area contributed by atoms with Crippen LogP contribution in [0.15, 0.2) is 0 Å². The van der Waals surface area contributed by atoms with Crippen molar-refractivity contribution < 1.29 is 4.74 Å². The van der Waals surface area contributed by atoms with Crippen LogP contribution in [0.3, 0.4) is 0 Å². The number of nitrogens with two attached hydrogens (primary N) is 1. The van der Waals surface area contributed by atoms with Crippen molar-refractivity contribution in [3.05, 3.63) is 0 Å². The lowest BCUT2D eigenvalue weighted by Crippen LogP contribution is -2.55. The zero-order chi connectivity index (χ0) is 13.1. The molecule has 2 atom stereocenters. The van der Waals surface area contributed by atoms with Gasteiger partial charge >= 0.3 is 0 Å². The van der Waals surface area contributed by atoms with Crippen molar-refractivity contribution in [2.45, 2.75) is 44.4 Å². The van der Waals surface area contributed by atoms with E-state index in [-0.39, 0.29) is 11.6 Å². The van der Waals surface area contributed by atoms with Crippen LogP contribution in [0.25, 0.3) is 0 Å². The molecule has 4 nitrogen and oxygen atoms in total. The van der Waals surface area contributed by atoms with Crippen molar-refractivity contribution in [1.82, 2.24) is 9.80 Å². The molecule has 1 fully saturated rings. The van der Waals surface area contributed by atoms with Crippen LogP contribution >= 0.6 is 0 Å². The van der Waals surface area contributed by atoms with Gasteiger partial charge in [0.05, 0.1) is 5.60 Å². The predicted octanol–water partition coefficient (Wildman–Crippen LogP) is 0.765. The van der Waals surface area contributed by atoms with Gasteiger partial charge in [0, 0.05) is 32.3 Å². The Bertz CT molecular complexity index is 231. The summed E-state index contributed by atoms with van der Waals surface area (Å²) in [5.41, 5.74) is 5.99. The third-order valence-electron chi connectivity index (χ3n) is 4.08. The number of methoxy groups -OCH3 is 1. The predicted molar refractivity (Wildman–Crippen MR) is 72.2 cm³/mol. The van der Waals surface area contributed by atoms with E-state index in [1.54, 1.807) is 7.11 Å². The summed E-state index contributed by atoms with van der Waals surface area (Å²) in [7, 11) is 6.05. The minimum absolute atomic E-state index is 0.0633. The Labute approximate surface area is 106 Å². The SMILES string of the molecule is COC(C)(C)C(N)CN1CCCC(N(C)C)C1. The zero-order valence-electron chi connectivity index (χ0n) is 12.1. The van der Waals surface area contributed by atoms with Gasteiger partial charge in [-0.2, -0.15) is 0 Å². The van der Waals surface area contributed by atoms with Crippen LogP contribution in [0.5, 0.6) is 0 Å². The Balaban J connectivity index is 2.46. The number of ether oxygens (including phenoxy) is 1. The molecule has 0 bridgehead atoms. The normalized spacial score (nSPS) is 25.2. The highest BCUT2D eigenvalue weighted by Crippen LogP contribution is 2.17. The van der Waals surface area contributed by atoms with E-state index in [9.17, 15) is 0 Å². The number of nitrogens with zero attached hydrogens (tertiary/aromatic N) is 2. The number of hydrogen-bond donors (Lipinski definition) is 1. The summed E-state index contributed by atoms with van der Waals surface area (Å²) < 4.78 is 5.45. The molecule has 2 unspecified atom stereocenters. The molecular weight excluding hydrogens is 214 g/mol. The molecule has 102 valence electrons. The standard InChI is InChI=1S/C13H29N3O/c1-13(2,17-5)12(14)10-16-8-6-7-11(9-16)15(3)4/h11-12H,6-10,14H2,1-5H3. The molecule has 1 saturated heterocycles. The highest BCUT2D eigenvalue weighted by molar-refractivity contribution is 4.87. The monoisotopic (exact) mass is 243 g/mol. The number of likely N-dealkylation sites (tertiary alicyclic amines) is 1. The van der Waals surface area contributed by atoms with Gasteiger partial charge in [0.1, 0.15) is 0 Å². The molecule has 0 spiro atoms. The topological polar surface area (TPSA) is 41.7 Å². The van der Waals surface area contributed by atoms with Crippen LogP contribution in [0.2, 0.25) is 0 Å². The minimum Gasteiger partial charge on any atom is -0.377 e. The average molecular weight is 243 g/mol. The van der Waals surface area contributed by atoms with Gasteiger partial charge in [-0.3, -0.25) is 0 Å². The number of rotatable bonds is 5. The third kappa shape index (κ3) is 4.21. The largest absolute Gasteiger partial charge is 0.377 e. The number of likely N-dealkylation sites (N-methyl/N-ethyl adjacent to an activating group) is 1. The number of piperidine rings is 1. The van der Waals surface area contributed by atoms with Crippen LogP contribution < -0.4 is 5.73 Å². The Morgan fingerprint density at radius 1 is 1.47 bits per heavy atom. The van der Waals surface area contributed by atoms with Gasteiger partial charge in [-0.1, -0.05) is 0 Å². The first-order chi connectivity index (χ1) is 7.86. The summed E-state index contributed by atoms with van der Waals surface area (Å²) in [6.07, 6.45) is 2.56. The first kappa shape index (κ1) is 14.9. The van der Waals surface area contributed by atoms with Crippen molar-refractivity contribution >= 4 is 0 Å². The molecule has 2 N–H and O–H groups in total. The fourth-order valence-electron chi connectivity index (χ4n) is 2.27. The van der Waals surface area contributed by atoms with Gasteiger partial charge in [-0.15, -0.1) is 0 Å². The van der Waals surface area contributed by atoms with Gasteiger partial charge < -0.3 is 20.3 Å². The van der Waals surface area contributed by atoms with Crippen molar-refractivity contribution in [3.63, 3.8) is 0 Å². The van der Waals surface area contributed by atoms with E-state index in [1.165, 1.54) is 12.8 Å². The Morgan fingerprint density at radius 2 is 2.12 bits per heavy atom. The van der Waals surface area contributed by atoms with Gasteiger partial charge in [-0.25, -0.2) is 0 Å². The molecule has 17 heavy (non-hydrogen) atoms. The number of hydrogen-bond acceptors (Lipinski definition) is 4. The molecule has 4 heteroatoms. The van der Waals surface area contributed by atoms with Crippen LogP contribution in [0.1, 0.15) is 26.7 Å². The Kier molecular flexibility index (Phi) is 5.38. The molecule has 1 aliphatic heterocycles. The Morgan fingerprint density at radius 3 is 2.65 bits per heavy atom. The van der Waals surface area contributed by atoms with E-state index in [2.05, 4.69) is 37.7 Å². The molecule has 0 radical (unpaired) electrons. The molecule has 0 saturated carbocycles. The lowest BCUT2D eigenvalue weighted by Gasteiger charge is -2.40. The summed E-state index contributed by atoms with van der Waals surface area (Å²) in [5, 5.41) is 0. The van der Waals surface area contributed by atoms with Crippen LogP contribution in [0.4, 0.5) is 0 Å². The van der Waals surface area contributed by atoms with Crippen LogP contribution in [-0.2, 0) is 4.74 Å². The molecule has 1 rings (SSSR count). The first-order valence-corrected chi connectivity index (χ1v) is 6.56. The van der Waals surface area contributed by atoms with E-state index in [0.717, 1.165) is 19.6 Å². The molecule has 0 aliphatic carbocycles. The lowest BCUT2D eigenvalue weighted by atomic mass is 9.97. The van der Waals surface area contributed by atoms with Crippen LogP contribution in [0, 0.1) is 0 Å². The molecule has 0 aromatic rings. The minimum atomic E-state index is -0.245. The van der Waals surface area contributed by atoms with Crippen molar-refractivity contribution in [2.75, 3.05) is 40.8 Å². The summed E-state index contributed by atoms with van der Waals surface area (Å²) in [6.45, 7) is 7.33. The maximum atomic E-state index is 6.23. The Hall–Kier alpha value is -0.160. The molecule has 0 amide bonds. The van der Waals surface area contributed by atoms with E-state index in [4.69, 9.17) is 10.5 Å². The van der Waals surface area contributed by atoms with E-state index in [1.807, 2.05) is 0 Å². The second-order valence-electron chi connectivity index (χ2n) is 5.93. The average Bonchev–Trinajstić information content (AvgIpc) is 2.29. The van der Waals surface area contributed by atoms with Crippen molar-refractivity contribution in [2.24, 2.45) is 5.73 Å². The van der Waals surface area contributed by atoms with E-state index >= 15 is 0 Å². The van der Waals surface area contributed by atoms with Crippen molar-refractivity contribution in [3.8, 4) is 0 Å². The van der Waals surface area contributed by atoms with Gasteiger partial charge in [-0.05, 0) is 47.3 Å². The van der Waals surface area contributed by atoms with Gasteiger partial charge in [0.2, 0.25) is 0 Å². The highest BCUT2D eigenvalue weighted by Gasteiger charge is 2.29. The maximum absolute atomic E-state index is 6.23. The fourth-order valence-corrected chi connectivity index (χ4v) is 2.27. The maximum Gasteiger partial charge on any atom is 0.0785 e. The van der Waals surface area contributed by atoms with E-state index in [0.29, 0.717) is 6.04 Å². The summed E-state index contributed by atoms with van der Waals surface area (Å²) >= 11 is 0. The lowest BCUT2D eigenvalue weighted by molar-refractivity contribution is -0.0128. The molecule has 1 aliphatic rings. The summed E-state index contributed by atoms with van der Waals surface area (Å²) in [4.78, 5) is 4.79. The quantitative estimate of drug-likeness (QED) is 0.774. The zero-order valence-corrected chi connectivity index (χ0v) is 12.1. The third-order valence-corrected chi connectivity index (χ3v) is 4.08. The van der Waals surface area contributed by atoms with Crippen LogP contribution in [-0.4, -0.2) is 68.3 Å². The van der Waals surface area contributed by atoms with Gasteiger partial charge in [0.15, 0.2) is 0 Å². The van der Waals surface area contributed by atoms with E-state index < -0.39 is 0 Å². The molecular formula is C13H29N3O. The molecule has 0 aromatic carbocycles. The second-order valence-corrected chi connectivity index (χ2v) is 5.93. The highest BCUT2D eigenvalue weighted by atomic mass is 16.5.